The molecule has 0 aliphatic heterocycles. The van der Waals surface area contributed by atoms with E-state index in [0.717, 1.165) is 42.4 Å². The van der Waals surface area contributed by atoms with Gasteiger partial charge in [-0.1, -0.05) is 91.2 Å². The van der Waals surface area contributed by atoms with E-state index in [0.29, 0.717) is 18.7 Å². The van der Waals surface area contributed by atoms with Crippen molar-refractivity contribution >= 4 is 11.8 Å². The van der Waals surface area contributed by atoms with E-state index in [1.54, 1.807) is 4.90 Å². The highest BCUT2D eigenvalue weighted by molar-refractivity contribution is 5.88. The highest BCUT2D eigenvalue weighted by Gasteiger charge is 2.32. The summed E-state index contributed by atoms with van der Waals surface area (Å²) in [6.45, 7) is 2.22. The number of nitrogens with one attached hydrogen (secondary N) is 1. The van der Waals surface area contributed by atoms with Crippen LogP contribution in [0.1, 0.15) is 42.4 Å². The molecule has 1 atom stereocenters. The van der Waals surface area contributed by atoms with Crippen molar-refractivity contribution in [2.75, 3.05) is 6.61 Å². The molecule has 1 fully saturated rings. The molecule has 5 heteroatoms. The van der Waals surface area contributed by atoms with Crippen LogP contribution in [0.4, 0.5) is 0 Å². The van der Waals surface area contributed by atoms with E-state index >= 15 is 0 Å². The third-order valence-electron chi connectivity index (χ3n) is 6.55. The molecule has 0 spiro atoms. The molecular weight excluding hydrogens is 436 g/mol. The van der Waals surface area contributed by atoms with Crippen molar-refractivity contribution in [1.82, 2.24) is 10.2 Å². The van der Waals surface area contributed by atoms with Crippen LogP contribution in [0.25, 0.3) is 0 Å². The first-order chi connectivity index (χ1) is 17.1. The van der Waals surface area contributed by atoms with Gasteiger partial charge in [0, 0.05) is 19.0 Å². The maximum absolute atomic E-state index is 13.6. The Balaban J connectivity index is 1.58. The molecule has 0 aromatic heterocycles. The molecule has 5 nitrogen and oxygen atoms in total. The minimum absolute atomic E-state index is 0.0969. The monoisotopic (exact) mass is 470 g/mol. The van der Waals surface area contributed by atoms with Crippen LogP contribution in [-0.2, 0) is 22.6 Å². The SMILES string of the molecule is Cc1ccc(OCC(=O)N(Cc2ccccc2)[C@@H](Cc2ccccc2)C(=O)NC2CCCC2)cc1. The van der Waals surface area contributed by atoms with Gasteiger partial charge >= 0.3 is 0 Å². The fourth-order valence-electron chi connectivity index (χ4n) is 4.56. The van der Waals surface area contributed by atoms with Crippen LogP contribution in [0, 0.1) is 6.92 Å². The van der Waals surface area contributed by atoms with E-state index in [9.17, 15) is 9.59 Å². The van der Waals surface area contributed by atoms with Gasteiger partial charge in [-0.25, -0.2) is 0 Å². The zero-order chi connectivity index (χ0) is 24.5. The number of benzene rings is 3. The molecule has 4 rings (SSSR count). The van der Waals surface area contributed by atoms with Crippen LogP contribution < -0.4 is 10.1 Å². The summed E-state index contributed by atoms with van der Waals surface area (Å²) >= 11 is 0. The number of hydrogen-bond acceptors (Lipinski definition) is 3. The summed E-state index contributed by atoms with van der Waals surface area (Å²) in [4.78, 5) is 28.9. The van der Waals surface area contributed by atoms with E-state index < -0.39 is 6.04 Å². The normalized spacial score (nSPS) is 14.3. The van der Waals surface area contributed by atoms with Gasteiger partial charge in [0.1, 0.15) is 11.8 Å². The van der Waals surface area contributed by atoms with Crippen LogP contribution in [0.15, 0.2) is 84.9 Å². The predicted octanol–water partition coefficient (Wildman–Crippen LogP) is 5.07. The summed E-state index contributed by atoms with van der Waals surface area (Å²) in [7, 11) is 0. The summed E-state index contributed by atoms with van der Waals surface area (Å²) in [5.74, 6) is 0.330. The molecule has 182 valence electrons. The smallest absolute Gasteiger partial charge is 0.261 e. The van der Waals surface area contributed by atoms with E-state index in [1.165, 1.54) is 0 Å². The maximum Gasteiger partial charge on any atom is 0.261 e. The molecule has 3 aromatic rings. The summed E-state index contributed by atoms with van der Waals surface area (Å²) in [5, 5.41) is 3.23. The Morgan fingerprint density at radius 2 is 1.49 bits per heavy atom. The Morgan fingerprint density at radius 3 is 2.11 bits per heavy atom. The van der Waals surface area contributed by atoms with Crippen molar-refractivity contribution in [3.8, 4) is 5.75 Å². The van der Waals surface area contributed by atoms with E-state index in [1.807, 2.05) is 91.9 Å². The van der Waals surface area contributed by atoms with Crippen LogP contribution in [0.2, 0.25) is 0 Å². The molecule has 0 heterocycles. The minimum Gasteiger partial charge on any atom is -0.484 e. The average molecular weight is 471 g/mol. The number of ether oxygens (including phenoxy) is 1. The first kappa shape index (κ1) is 24.5. The van der Waals surface area contributed by atoms with E-state index in [2.05, 4.69) is 5.32 Å². The lowest BCUT2D eigenvalue weighted by Gasteiger charge is -2.32. The van der Waals surface area contributed by atoms with Gasteiger partial charge in [-0.15, -0.1) is 0 Å². The Kier molecular flexibility index (Phi) is 8.55. The standard InChI is InChI=1S/C30H34N2O3/c1-23-16-18-27(19-17-23)35-22-29(33)32(21-25-12-6-3-7-13-25)28(20-24-10-4-2-5-11-24)30(34)31-26-14-8-9-15-26/h2-7,10-13,16-19,26,28H,8-9,14-15,20-22H2,1H3,(H,31,34)/t28-/m0/s1. The van der Waals surface area contributed by atoms with Crippen LogP contribution in [0.5, 0.6) is 5.75 Å². The molecule has 1 aliphatic carbocycles. The fourth-order valence-corrected chi connectivity index (χ4v) is 4.56. The van der Waals surface area contributed by atoms with Gasteiger partial charge in [-0.05, 0) is 43.0 Å². The lowest BCUT2D eigenvalue weighted by molar-refractivity contribution is -0.143. The second-order valence-electron chi connectivity index (χ2n) is 9.30. The quantitative estimate of drug-likeness (QED) is 0.450. The molecule has 0 unspecified atom stereocenters. The zero-order valence-corrected chi connectivity index (χ0v) is 20.4. The Morgan fingerprint density at radius 1 is 0.886 bits per heavy atom. The van der Waals surface area contributed by atoms with Gasteiger partial charge < -0.3 is 15.0 Å². The number of carbonyl (C=O) groups is 2. The lowest BCUT2D eigenvalue weighted by atomic mass is 10.0. The third-order valence-corrected chi connectivity index (χ3v) is 6.55. The number of nitrogens with zero attached hydrogens (tertiary/aromatic N) is 1. The number of rotatable bonds is 10. The molecule has 0 bridgehead atoms. The van der Waals surface area contributed by atoms with Gasteiger partial charge in [0.15, 0.2) is 6.61 Å². The Bertz CT molecular complexity index is 1080. The second-order valence-corrected chi connectivity index (χ2v) is 9.30. The maximum atomic E-state index is 13.6. The highest BCUT2D eigenvalue weighted by Crippen LogP contribution is 2.20. The molecule has 1 N–H and O–H groups in total. The van der Waals surface area contributed by atoms with Crippen molar-refractivity contribution in [3.05, 3.63) is 102 Å². The molecule has 3 aromatic carbocycles. The molecular formula is C30H34N2O3. The molecule has 0 radical (unpaired) electrons. The second kappa shape index (κ2) is 12.2. The third kappa shape index (κ3) is 7.19. The van der Waals surface area contributed by atoms with Crippen LogP contribution in [0.3, 0.4) is 0 Å². The number of amides is 2. The molecule has 0 saturated heterocycles. The van der Waals surface area contributed by atoms with Crippen LogP contribution >= 0.6 is 0 Å². The summed E-state index contributed by atoms with van der Waals surface area (Å²) in [6, 6.07) is 26.9. The van der Waals surface area contributed by atoms with Crippen molar-refractivity contribution in [3.63, 3.8) is 0 Å². The summed E-state index contributed by atoms with van der Waals surface area (Å²) < 4.78 is 5.83. The minimum atomic E-state index is -0.632. The predicted molar refractivity (Wildman–Crippen MR) is 138 cm³/mol. The van der Waals surface area contributed by atoms with Gasteiger partial charge in [-0.2, -0.15) is 0 Å². The largest absolute Gasteiger partial charge is 0.484 e. The van der Waals surface area contributed by atoms with Crippen molar-refractivity contribution in [1.29, 1.82) is 0 Å². The van der Waals surface area contributed by atoms with Crippen molar-refractivity contribution in [2.45, 2.75) is 57.7 Å². The Labute approximate surface area is 208 Å². The number of hydrogen-bond donors (Lipinski definition) is 1. The zero-order valence-electron chi connectivity index (χ0n) is 20.4. The summed E-state index contributed by atoms with van der Waals surface area (Å²) in [5.41, 5.74) is 3.12. The van der Waals surface area contributed by atoms with Crippen LogP contribution in [-0.4, -0.2) is 35.4 Å². The Hall–Kier alpha value is -3.60. The molecule has 35 heavy (non-hydrogen) atoms. The highest BCUT2D eigenvalue weighted by atomic mass is 16.5. The van der Waals surface area contributed by atoms with E-state index in [-0.39, 0.29) is 24.5 Å². The van der Waals surface area contributed by atoms with Crippen molar-refractivity contribution in [2.24, 2.45) is 0 Å². The molecule has 2 amide bonds. The van der Waals surface area contributed by atoms with Gasteiger partial charge in [0.2, 0.25) is 5.91 Å². The summed E-state index contributed by atoms with van der Waals surface area (Å²) in [6.07, 6.45) is 4.69. The first-order valence-corrected chi connectivity index (χ1v) is 12.5. The number of carbonyl (C=O) groups excluding carboxylic acids is 2. The van der Waals surface area contributed by atoms with Gasteiger partial charge in [0.05, 0.1) is 0 Å². The number of aryl methyl sites for hydroxylation is 1. The van der Waals surface area contributed by atoms with Crippen molar-refractivity contribution < 1.29 is 14.3 Å². The van der Waals surface area contributed by atoms with Gasteiger partial charge in [-0.3, -0.25) is 9.59 Å². The average Bonchev–Trinajstić information content (AvgIpc) is 3.40. The lowest BCUT2D eigenvalue weighted by Crippen LogP contribution is -2.53. The fraction of sp³-hybridized carbons (Fsp3) is 0.333. The van der Waals surface area contributed by atoms with Gasteiger partial charge in [0.25, 0.3) is 5.91 Å². The van der Waals surface area contributed by atoms with E-state index in [4.69, 9.17) is 4.74 Å². The molecule has 1 saturated carbocycles. The topological polar surface area (TPSA) is 58.6 Å². The molecule has 1 aliphatic rings. The first-order valence-electron chi connectivity index (χ1n) is 12.5.